The second kappa shape index (κ2) is 7.23. The summed E-state index contributed by atoms with van der Waals surface area (Å²) in [4.78, 5) is 0. The molecule has 0 fully saturated rings. The Balaban J connectivity index is 2.72. The van der Waals surface area contributed by atoms with Crippen molar-refractivity contribution in [1.82, 2.24) is 0 Å². The molecule has 0 saturated carbocycles. The Morgan fingerprint density at radius 3 is 2.67 bits per heavy atom. The Hall–Kier alpha value is -1.27. The average Bonchev–Trinajstić information content (AvgIpc) is 2.36. The zero-order chi connectivity index (χ0) is 13.5. The van der Waals surface area contributed by atoms with Crippen LogP contribution in [-0.4, -0.2) is 37.4 Å². The molecule has 1 rings (SSSR count). The van der Waals surface area contributed by atoms with Gasteiger partial charge in [-0.2, -0.15) is 8.78 Å². The lowest BCUT2D eigenvalue weighted by molar-refractivity contribution is -0.0512. The van der Waals surface area contributed by atoms with Gasteiger partial charge in [0.05, 0.1) is 19.1 Å². The fourth-order valence-corrected chi connectivity index (χ4v) is 1.37. The average molecular weight is 282 g/mol. The Kier molecular flexibility index (Phi) is 5.94. The smallest absolute Gasteiger partial charge is 0.387 e. The Labute approximate surface area is 108 Å². The maximum absolute atomic E-state index is 12.1. The van der Waals surface area contributed by atoms with Gasteiger partial charge >= 0.3 is 6.61 Å². The van der Waals surface area contributed by atoms with Crippen molar-refractivity contribution in [1.29, 1.82) is 0 Å². The van der Waals surface area contributed by atoms with Crippen LogP contribution >= 0.6 is 11.6 Å². The van der Waals surface area contributed by atoms with Gasteiger partial charge in [0, 0.05) is 18.3 Å². The van der Waals surface area contributed by atoms with Gasteiger partial charge in [-0.15, -0.1) is 11.6 Å². The minimum atomic E-state index is -2.91. The minimum absolute atomic E-state index is 0.0454. The first-order chi connectivity index (χ1) is 8.56. The number of hydrogen-bond donors (Lipinski definition) is 2. The summed E-state index contributed by atoms with van der Waals surface area (Å²) < 4.78 is 33.4. The summed E-state index contributed by atoms with van der Waals surface area (Å²) in [5, 5.41) is 12.2. The summed E-state index contributed by atoms with van der Waals surface area (Å²) in [5.41, 5.74) is 0.609. The first-order valence-electron chi connectivity index (χ1n) is 5.17. The molecule has 0 aliphatic heterocycles. The molecule has 0 aliphatic rings. The van der Waals surface area contributed by atoms with Crippen LogP contribution in [0, 0.1) is 0 Å². The van der Waals surface area contributed by atoms with Gasteiger partial charge in [0.25, 0.3) is 0 Å². The normalized spacial score (nSPS) is 12.3. The summed E-state index contributed by atoms with van der Waals surface area (Å²) in [5.74, 6) is 0.244. The monoisotopic (exact) mass is 281 g/mol. The zero-order valence-corrected chi connectivity index (χ0v) is 10.5. The van der Waals surface area contributed by atoms with Gasteiger partial charge in [0.15, 0.2) is 11.5 Å². The zero-order valence-electron chi connectivity index (χ0n) is 9.70. The van der Waals surface area contributed by atoms with E-state index in [-0.39, 0.29) is 23.9 Å². The van der Waals surface area contributed by atoms with E-state index in [1.165, 1.54) is 19.2 Å². The maximum Gasteiger partial charge on any atom is 0.387 e. The van der Waals surface area contributed by atoms with Crippen molar-refractivity contribution in [2.45, 2.75) is 12.7 Å². The van der Waals surface area contributed by atoms with E-state index in [1.54, 1.807) is 6.07 Å². The summed E-state index contributed by atoms with van der Waals surface area (Å²) >= 11 is 5.44. The van der Waals surface area contributed by atoms with Crippen molar-refractivity contribution in [2.75, 3.05) is 24.9 Å². The highest BCUT2D eigenvalue weighted by atomic mass is 35.5. The highest BCUT2D eigenvalue weighted by Gasteiger charge is 2.11. The quantitative estimate of drug-likeness (QED) is 0.753. The first-order valence-corrected chi connectivity index (χ1v) is 5.71. The number of ether oxygens (including phenoxy) is 2. The number of alkyl halides is 3. The standard InChI is InChI=1S/C11H14ClF2NO3/c1-17-10-4-7(15-6-8(16)5-12)2-3-9(10)18-11(13)14/h2-4,8,11,15-16H,5-6H2,1H3. The Morgan fingerprint density at radius 2 is 2.11 bits per heavy atom. The molecule has 7 heteroatoms. The Bertz CT molecular complexity index is 379. The van der Waals surface area contributed by atoms with Gasteiger partial charge in [0.1, 0.15) is 0 Å². The van der Waals surface area contributed by atoms with Gasteiger partial charge in [-0.1, -0.05) is 0 Å². The molecule has 0 spiro atoms. The van der Waals surface area contributed by atoms with Crippen molar-refractivity contribution in [3.05, 3.63) is 18.2 Å². The van der Waals surface area contributed by atoms with Crippen LogP contribution in [0.25, 0.3) is 0 Å². The van der Waals surface area contributed by atoms with Crippen LogP contribution in [0.4, 0.5) is 14.5 Å². The van der Waals surface area contributed by atoms with Crippen LogP contribution in [-0.2, 0) is 0 Å². The second-order valence-corrected chi connectivity index (χ2v) is 3.74. The molecule has 1 aromatic rings. The van der Waals surface area contributed by atoms with Gasteiger partial charge in [-0.3, -0.25) is 0 Å². The van der Waals surface area contributed by atoms with Crippen molar-refractivity contribution in [3.8, 4) is 11.5 Å². The molecule has 0 aromatic heterocycles. The highest BCUT2D eigenvalue weighted by molar-refractivity contribution is 6.18. The molecule has 0 heterocycles. The summed E-state index contributed by atoms with van der Waals surface area (Å²) in [6.45, 7) is -2.65. The largest absolute Gasteiger partial charge is 0.493 e. The van der Waals surface area contributed by atoms with Gasteiger partial charge in [0.2, 0.25) is 0 Å². The van der Waals surface area contributed by atoms with Crippen molar-refractivity contribution < 1.29 is 23.4 Å². The van der Waals surface area contributed by atoms with E-state index in [9.17, 15) is 13.9 Å². The SMILES string of the molecule is COc1cc(NCC(O)CCl)ccc1OC(F)F. The predicted molar refractivity (Wildman–Crippen MR) is 64.8 cm³/mol. The van der Waals surface area contributed by atoms with E-state index in [0.29, 0.717) is 5.69 Å². The molecule has 1 atom stereocenters. The van der Waals surface area contributed by atoms with Gasteiger partial charge in [-0.25, -0.2) is 0 Å². The van der Waals surface area contributed by atoms with E-state index in [2.05, 4.69) is 10.1 Å². The summed E-state index contributed by atoms with van der Waals surface area (Å²) in [6, 6.07) is 4.40. The molecule has 1 aromatic carbocycles. The van der Waals surface area contributed by atoms with E-state index >= 15 is 0 Å². The van der Waals surface area contributed by atoms with Crippen molar-refractivity contribution in [2.24, 2.45) is 0 Å². The second-order valence-electron chi connectivity index (χ2n) is 3.43. The topological polar surface area (TPSA) is 50.7 Å². The summed E-state index contributed by atoms with van der Waals surface area (Å²) in [7, 11) is 1.35. The number of methoxy groups -OCH3 is 1. The van der Waals surface area contributed by atoms with Gasteiger partial charge in [-0.05, 0) is 12.1 Å². The van der Waals surface area contributed by atoms with Gasteiger partial charge < -0.3 is 19.9 Å². The molecule has 102 valence electrons. The van der Waals surface area contributed by atoms with Crippen LogP contribution in [0.2, 0.25) is 0 Å². The molecule has 1 unspecified atom stereocenters. The van der Waals surface area contributed by atoms with Crippen LogP contribution < -0.4 is 14.8 Å². The lowest BCUT2D eigenvalue weighted by Gasteiger charge is -2.13. The third-order valence-electron chi connectivity index (χ3n) is 2.10. The number of aliphatic hydroxyl groups excluding tert-OH is 1. The number of anilines is 1. The minimum Gasteiger partial charge on any atom is -0.493 e. The molecule has 0 amide bonds. The highest BCUT2D eigenvalue weighted by Crippen LogP contribution is 2.31. The molecule has 0 bridgehead atoms. The lowest BCUT2D eigenvalue weighted by atomic mass is 10.2. The summed E-state index contributed by atoms with van der Waals surface area (Å²) in [6.07, 6.45) is -0.686. The van der Waals surface area contributed by atoms with E-state index < -0.39 is 12.7 Å². The molecule has 4 nitrogen and oxygen atoms in total. The van der Waals surface area contributed by atoms with E-state index in [0.717, 1.165) is 0 Å². The van der Waals surface area contributed by atoms with Crippen molar-refractivity contribution >= 4 is 17.3 Å². The van der Waals surface area contributed by atoms with E-state index in [1.807, 2.05) is 0 Å². The predicted octanol–water partition coefficient (Wildman–Crippen LogP) is 2.31. The van der Waals surface area contributed by atoms with E-state index in [4.69, 9.17) is 16.3 Å². The number of nitrogens with one attached hydrogen (secondary N) is 1. The first kappa shape index (κ1) is 14.8. The molecule has 0 radical (unpaired) electrons. The maximum atomic E-state index is 12.1. The lowest BCUT2D eigenvalue weighted by Crippen LogP contribution is -2.20. The molecule has 0 saturated heterocycles. The third kappa shape index (κ3) is 4.54. The number of rotatable bonds is 7. The van der Waals surface area contributed by atoms with Crippen LogP contribution in [0.5, 0.6) is 11.5 Å². The van der Waals surface area contributed by atoms with Crippen LogP contribution in [0.3, 0.4) is 0 Å². The number of hydrogen-bond acceptors (Lipinski definition) is 4. The molecule has 0 aliphatic carbocycles. The number of aliphatic hydroxyl groups is 1. The molecular formula is C11H14ClF2NO3. The fourth-order valence-electron chi connectivity index (χ4n) is 1.26. The molecule has 2 N–H and O–H groups in total. The Morgan fingerprint density at radius 1 is 1.39 bits per heavy atom. The number of halogens is 3. The van der Waals surface area contributed by atoms with Crippen molar-refractivity contribution in [3.63, 3.8) is 0 Å². The number of benzene rings is 1. The van der Waals surface area contributed by atoms with Crippen LogP contribution in [0.1, 0.15) is 0 Å². The molecular weight excluding hydrogens is 268 g/mol. The molecule has 18 heavy (non-hydrogen) atoms. The fraction of sp³-hybridized carbons (Fsp3) is 0.455. The van der Waals surface area contributed by atoms with Crippen LogP contribution in [0.15, 0.2) is 18.2 Å². The third-order valence-corrected chi connectivity index (χ3v) is 2.46.